The molecule has 1 saturated heterocycles. The van der Waals surface area contributed by atoms with Gasteiger partial charge in [0.2, 0.25) is 17.7 Å². The van der Waals surface area contributed by atoms with Gasteiger partial charge in [0, 0.05) is 32.4 Å². The second-order valence-electron chi connectivity index (χ2n) is 11.2. The molecule has 0 bridgehead atoms. The lowest BCUT2D eigenvalue weighted by Crippen LogP contribution is -2.61. The van der Waals surface area contributed by atoms with Crippen molar-refractivity contribution in [3.05, 3.63) is 24.3 Å². The molecule has 38 heavy (non-hydrogen) atoms. The van der Waals surface area contributed by atoms with Gasteiger partial charge < -0.3 is 26.0 Å². The molecule has 0 unspecified atom stereocenters. The number of carbonyl (C=O) groups excluding carboxylic acids is 4. The maximum absolute atomic E-state index is 13.6. The molecule has 1 saturated carbocycles. The number of carbonyl (C=O) groups is 5. The Balaban J connectivity index is 1.78. The molecule has 1 aliphatic heterocycles. The molecule has 2 aliphatic rings. The van der Waals surface area contributed by atoms with E-state index in [9.17, 15) is 29.1 Å². The average Bonchev–Trinajstić information content (AvgIpc) is 3.30. The van der Waals surface area contributed by atoms with Crippen molar-refractivity contribution in [1.82, 2.24) is 30.8 Å². The summed E-state index contributed by atoms with van der Waals surface area (Å²) >= 11 is 0. The number of amides is 4. The van der Waals surface area contributed by atoms with Gasteiger partial charge in [-0.25, -0.2) is 4.98 Å². The second-order valence-corrected chi connectivity index (χ2v) is 11.2. The number of rotatable bonds is 8. The van der Waals surface area contributed by atoms with Crippen molar-refractivity contribution in [1.29, 1.82) is 0 Å². The summed E-state index contributed by atoms with van der Waals surface area (Å²) in [7, 11) is 0. The van der Waals surface area contributed by atoms with Gasteiger partial charge in [0.1, 0.15) is 17.8 Å². The highest BCUT2D eigenvalue weighted by atomic mass is 16.4. The molecule has 12 heteroatoms. The number of carboxylic acid groups (broad SMARTS) is 1. The molecule has 2 fully saturated rings. The SMILES string of the molecule is CC(=O)N1C[C@H](NC(=O)[C@@H](NC(=O)[C@@H](NC(=O)c2cnccn2)C2CCCCC2)C(C)(C)C)[C@H](C(=O)O)C1. The monoisotopic (exact) mass is 530 g/mol. The number of aliphatic carboxylic acids is 1. The van der Waals surface area contributed by atoms with Crippen molar-refractivity contribution in [3.63, 3.8) is 0 Å². The minimum atomic E-state index is -1.11. The van der Waals surface area contributed by atoms with Crippen molar-refractivity contribution in [2.75, 3.05) is 13.1 Å². The summed E-state index contributed by atoms with van der Waals surface area (Å²) in [4.78, 5) is 72.9. The first kappa shape index (κ1) is 29.0. The van der Waals surface area contributed by atoms with Crippen LogP contribution in [0.15, 0.2) is 18.6 Å². The van der Waals surface area contributed by atoms with Gasteiger partial charge in [-0.15, -0.1) is 0 Å². The van der Waals surface area contributed by atoms with Crippen molar-refractivity contribution in [2.24, 2.45) is 17.3 Å². The summed E-state index contributed by atoms with van der Waals surface area (Å²) in [6.07, 6.45) is 8.60. The molecule has 4 amide bonds. The lowest BCUT2D eigenvalue weighted by atomic mass is 9.82. The number of aromatic nitrogens is 2. The molecule has 0 spiro atoms. The number of hydrogen-bond acceptors (Lipinski definition) is 7. The fourth-order valence-electron chi connectivity index (χ4n) is 5.13. The van der Waals surface area contributed by atoms with E-state index in [0.29, 0.717) is 0 Å². The van der Waals surface area contributed by atoms with Crippen LogP contribution >= 0.6 is 0 Å². The van der Waals surface area contributed by atoms with E-state index in [1.165, 1.54) is 30.4 Å². The van der Waals surface area contributed by atoms with Gasteiger partial charge in [0.25, 0.3) is 5.91 Å². The molecule has 1 aliphatic carbocycles. The van der Waals surface area contributed by atoms with Crippen LogP contribution in [0.2, 0.25) is 0 Å². The smallest absolute Gasteiger partial charge is 0.310 e. The van der Waals surface area contributed by atoms with E-state index in [4.69, 9.17) is 0 Å². The molecule has 1 aromatic rings. The zero-order valence-corrected chi connectivity index (χ0v) is 22.4. The van der Waals surface area contributed by atoms with Gasteiger partial charge >= 0.3 is 5.97 Å². The molecule has 4 N–H and O–H groups in total. The van der Waals surface area contributed by atoms with Gasteiger partial charge in [-0.3, -0.25) is 29.0 Å². The van der Waals surface area contributed by atoms with E-state index in [1.807, 2.05) is 0 Å². The molecule has 0 aromatic carbocycles. The standard InChI is InChI=1S/C26H38N6O6/c1-15(33)32-13-17(25(37)38)19(14-32)29-24(36)21(26(2,3)4)31-23(35)20(16-8-6-5-7-9-16)30-22(34)18-12-27-10-11-28-18/h10-12,16-17,19-21H,5-9,13-14H2,1-4H3,(H,29,36)(H,30,34)(H,31,35)(H,37,38)/t17-,19+,20+,21-/m1/s1. The Labute approximate surface area is 222 Å². The molecule has 4 atom stereocenters. The third kappa shape index (κ3) is 7.26. The van der Waals surface area contributed by atoms with Crippen molar-refractivity contribution in [2.45, 2.75) is 77.9 Å². The van der Waals surface area contributed by atoms with Crippen LogP contribution in [0.1, 0.15) is 70.3 Å². The van der Waals surface area contributed by atoms with E-state index in [0.717, 1.165) is 32.1 Å². The van der Waals surface area contributed by atoms with Crippen LogP contribution in [0, 0.1) is 17.3 Å². The molecule has 3 rings (SSSR count). The minimum absolute atomic E-state index is 0.000319. The topological polar surface area (TPSA) is 171 Å². The Morgan fingerprint density at radius 2 is 1.68 bits per heavy atom. The van der Waals surface area contributed by atoms with E-state index in [-0.39, 0.29) is 30.6 Å². The van der Waals surface area contributed by atoms with Crippen LogP contribution in [-0.4, -0.2) is 80.8 Å². The van der Waals surface area contributed by atoms with E-state index >= 15 is 0 Å². The summed E-state index contributed by atoms with van der Waals surface area (Å²) in [5.74, 6) is -4.02. The number of carboxylic acids is 1. The zero-order chi connectivity index (χ0) is 28.0. The highest BCUT2D eigenvalue weighted by Gasteiger charge is 2.43. The number of likely N-dealkylation sites (tertiary alicyclic amines) is 1. The third-order valence-corrected chi connectivity index (χ3v) is 7.31. The highest BCUT2D eigenvalue weighted by molar-refractivity contribution is 5.97. The van der Waals surface area contributed by atoms with Gasteiger partial charge in [0.15, 0.2) is 0 Å². The van der Waals surface area contributed by atoms with Crippen LogP contribution in [0.4, 0.5) is 0 Å². The van der Waals surface area contributed by atoms with E-state index in [2.05, 4.69) is 25.9 Å². The van der Waals surface area contributed by atoms with E-state index in [1.54, 1.807) is 20.8 Å². The predicted molar refractivity (Wildman–Crippen MR) is 137 cm³/mol. The van der Waals surface area contributed by atoms with Crippen molar-refractivity contribution >= 4 is 29.6 Å². The molecule has 2 heterocycles. The quantitative estimate of drug-likeness (QED) is 0.381. The first-order chi connectivity index (χ1) is 17.9. The maximum atomic E-state index is 13.6. The summed E-state index contributed by atoms with van der Waals surface area (Å²) in [5.41, 5.74) is -0.647. The largest absolute Gasteiger partial charge is 0.481 e. The van der Waals surface area contributed by atoms with Gasteiger partial charge in [0.05, 0.1) is 18.2 Å². The van der Waals surface area contributed by atoms with Crippen LogP contribution < -0.4 is 16.0 Å². The van der Waals surface area contributed by atoms with Crippen molar-refractivity contribution < 1.29 is 29.1 Å². The van der Waals surface area contributed by atoms with Crippen molar-refractivity contribution in [3.8, 4) is 0 Å². The van der Waals surface area contributed by atoms with Crippen LogP contribution in [0.3, 0.4) is 0 Å². The lowest BCUT2D eigenvalue weighted by Gasteiger charge is -2.35. The maximum Gasteiger partial charge on any atom is 0.310 e. The third-order valence-electron chi connectivity index (χ3n) is 7.31. The van der Waals surface area contributed by atoms with Crippen LogP contribution in [-0.2, 0) is 19.2 Å². The van der Waals surface area contributed by atoms with Gasteiger partial charge in [-0.2, -0.15) is 0 Å². The van der Waals surface area contributed by atoms with Crippen LogP contribution in [0.25, 0.3) is 0 Å². The zero-order valence-electron chi connectivity index (χ0n) is 22.4. The summed E-state index contributed by atoms with van der Waals surface area (Å²) in [6, 6.07) is -2.69. The van der Waals surface area contributed by atoms with Gasteiger partial charge in [-0.1, -0.05) is 40.0 Å². The summed E-state index contributed by atoms with van der Waals surface area (Å²) in [5, 5.41) is 18.0. The average molecular weight is 531 g/mol. The Bertz CT molecular complexity index is 1040. The number of hydrogen-bond donors (Lipinski definition) is 4. The second kappa shape index (κ2) is 12.3. The lowest BCUT2D eigenvalue weighted by molar-refractivity contribution is -0.142. The number of nitrogens with zero attached hydrogens (tertiary/aromatic N) is 3. The summed E-state index contributed by atoms with van der Waals surface area (Å²) in [6.45, 7) is 6.79. The molecular formula is C26H38N6O6. The molecule has 0 radical (unpaired) electrons. The Morgan fingerprint density at radius 1 is 1.00 bits per heavy atom. The predicted octanol–water partition coefficient (Wildman–Crippen LogP) is 0.734. The number of nitrogens with one attached hydrogen (secondary N) is 3. The summed E-state index contributed by atoms with van der Waals surface area (Å²) < 4.78 is 0. The normalized spacial score (nSPS) is 21.7. The minimum Gasteiger partial charge on any atom is -0.481 e. The Morgan fingerprint density at radius 3 is 2.24 bits per heavy atom. The molecule has 1 aromatic heterocycles. The molecule has 208 valence electrons. The first-order valence-electron chi connectivity index (χ1n) is 13.0. The highest BCUT2D eigenvalue weighted by Crippen LogP contribution is 2.28. The Hall–Kier alpha value is -3.57. The fraction of sp³-hybridized carbons (Fsp3) is 0.654. The van der Waals surface area contributed by atoms with Gasteiger partial charge in [-0.05, 0) is 24.2 Å². The Kier molecular flexibility index (Phi) is 9.40. The first-order valence-corrected chi connectivity index (χ1v) is 13.0. The fourth-order valence-corrected chi connectivity index (χ4v) is 5.13. The van der Waals surface area contributed by atoms with Crippen LogP contribution in [0.5, 0.6) is 0 Å². The molecular weight excluding hydrogens is 492 g/mol. The molecule has 12 nitrogen and oxygen atoms in total. The van der Waals surface area contributed by atoms with E-state index < -0.39 is 53.1 Å².